The van der Waals surface area contributed by atoms with E-state index in [4.69, 9.17) is 4.98 Å². The zero-order chi connectivity index (χ0) is 15.6. The van der Waals surface area contributed by atoms with Crippen molar-refractivity contribution in [2.45, 2.75) is 13.5 Å². The van der Waals surface area contributed by atoms with E-state index in [9.17, 15) is 0 Å². The number of fused-ring (bicyclic) bond motifs is 1. The van der Waals surface area contributed by atoms with Gasteiger partial charge in [0.2, 0.25) is 0 Å². The van der Waals surface area contributed by atoms with Gasteiger partial charge in [-0.2, -0.15) is 0 Å². The van der Waals surface area contributed by atoms with Gasteiger partial charge in [0.15, 0.2) is 5.13 Å². The molecule has 4 aromatic rings. The number of anilines is 1. The van der Waals surface area contributed by atoms with Crippen molar-refractivity contribution in [2.24, 2.45) is 0 Å². The molecule has 4 heteroatoms. The molecule has 0 unspecified atom stereocenters. The fraction of sp³-hybridized carbons (Fsp3) is 0.105. The van der Waals surface area contributed by atoms with Gasteiger partial charge in [-0.3, -0.25) is 0 Å². The summed E-state index contributed by atoms with van der Waals surface area (Å²) in [6.45, 7) is 2.91. The number of nitrogens with zero attached hydrogens (tertiary/aromatic N) is 1. The lowest BCUT2D eigenvalue weighted by atomic mass is 10.1. The maximum absolute atomic E-state index is 4.73. The molecule has 4 rings (SSSR count). The van der Waals surface area contributed by atoms with E-state index in [0.29, 0.717) is 0 Å². The number of thiazole rings is 1. The zero-order valence-electron chi connectivity index (χ0n) is 12.8. The predicted molar refractivity (Wildman–Crippen MR) is 97.9 cm³/mol. The first kappa shape index (κ1) is 14.0. The van der Waals surface area contributed by atoms with Crippen LogP contribution < -0.4 is 5.32 Å². The van der Waals surface area contributed by atoms with Gasteiger partial charge < -0.3 is 10.3 Å². The van der Waals surface area contributed by atoms with Gasteiger partial charge in [-0.25, -0.2) is 4.98 Å². The molecule has 114 valence electrons. The Hall–Kier alpha value is -2.59. The van der Waals surface area contributed by atoms with Crippen molar-refractivity contribution in [3.8, 4) is 11.3 Å². The Morgan fingerprint density at radius 3 is 2.87 bits per heavy atom. The van der Waals surface area contributed by atoms with Gasteiger partial charge in [0.25, 0.3) is 0 Å². The molecule has 2 aromatic carbocycles. The van der Waals surface area contributed by atoms with Crippen LogP contribution in [0.5, 0.6) is 0 Å². The lowest BCUT2D eigenvalue weighted by molar-refractivity contribution is 1.14. The summed E-state index contributed by atoms with van der Waals surface area (Å²) in [5, 5.41) is 7.69. The first-order valence-corrected chi connectivity index (χ1v) is 8.49. The summed E-state index contributed by atoms with van der Waals surface area (Å²) in [4.78, 5) is 8.06. The highest BCUT2D eigenvalue weighted by Gasteiger charge is 2.10. The highest BCUT2D eigenvalue weighted by Crippen LogP contribution is 2.31. The molecule has 0 spiro atoms. The third-order valence-electron chi connectivity index (χ3n) is 3.90. The average molecular weight is 319 g/mol. The topological polar surface area (TPSA) is 40.7 Å². The van der Waals surface area contributed by atoms with E-state index >= 15 is 0 Å². The third-order valence-corrected chi connectivity index (χ3v) is 4.70. The second kappa shape index (κ2) is 5.89. The number of hydrogen-bond acceptors (Lipinski definition) is 3. The largest absolute Gasteiger partial charge is 0.360 e. The van der Waals surface area contributed by atoms with Crippen LogP contribution in [-0.4, -0.2) is 9.97 Å². The number of nitrogens with one attached hydrogen (secondary N) is 2. The first-order chi connectivity index (χ1) is 11.3. The average Bonchev–Trinajstić information content (AvgIpc) is 3.20. The van der Waals surface area contributed by atoms with Crippen LogP contribution >= 0.6 is 11.3 Å². The van der Waals surface area contributed by atoms with Crippen molar-refractivity contribution in [3.63, 3.8) is 0 Å². The second-order valence-electron chi connectivity index (χ2n) is 5.63. The fourth-order valence-electron chi connectivity index (χ4n) is 2.70. The minimum Gasteiger partial charge on any atom is -0.360 e. The molecule has 3 nitrogen and oxygen atoms in total. The Balaban J connectivity index is 1.58. The molecule has 0 aliphatic rings. The number of aromatic amines is 1. The molecule has 2 aromatic heterocycles. The Labute approximate surface area is 139 Å². The second-order valence-corrected chi connectivity index (χ2v) is 6.49. The van der Waals surface area contributed by atoms with Crippen molar-refractivity contribution >= 4 is 27.4 Å². The van der Waals surface area contributed by atoms with E-state index in [1.807, 2.05) is 12.3 Å². The van der Waals surface area contributed by atoms with Crippen molar-refractivity contribution in [3.05, 3.63) is 71.2 Å². The minimum absolute atomic E-state index is 0.792. The molecule has 0 saturated heterocycles. The Bertz CT molecular complexity index is 938. The van der Waals surface area contributed by atoms with E-state index in [1.54, 1.807) is 11.3 Å². The van der Waals surface area contributed by atoms with E-state index in [2.05, 4.69) is 65.1 Å². The minimum atomic E-state index is 0.792. The maximum atomic E-state index is 4.73. The summed E-state index contributed by atoms with van der Waals surface area (Å²) in [6.07, 6.45) is 2.04. The molecular weight excluding hydrogens is 302 g/mol. The molecular formula is C19H17N3S. The number of H-pyrrole nitrogens is 1. The molecule has 2 N–H and O–H groups in total. The molecule has 0 aliphatic carbocycles. The van der Waals surface area contributed by atoms with Gasteiger partial charge in [0.05, 0.1) is 5.69 Å². The maximum Gasteiger partial charge on any atom is 0.183 e. The number of benzene rings is 2. The van der Waals surface area contributed by atoms with Crippen LogP contribution in [0.4, 0.5) is 5.13 Å². The summed E-state index contributed by atoms with van der Waals surface area (Å²) >= 11 is 1.64. The molecule has 23 heavy (non-hydrogen) atoms. The van der Waals surface area contributed by atoms with Gasteiger partial charge in [-0.1, -0.05) is 42.0 Å². The van der Waals surface area contributed by atoms with Crippen molar-refractivity contribution in [1.82, 2.24) is 9.97 Å². The van der Waals surface area contributed by atoms with Gasteiger partial charge in [0, 0.05) is 34.6 Å². The molecule has 0 amide bonds. The van der Waals surface area contributed by atoms with Crippen LogP contribution in [0.3, 0.4) is 0 Å². The van der Waals surface area contributed by atoms with Gasteiger partial charge in [0.1, 0.15) is 0 Å². The van der Waals surface area contributed by atoms with Crippen LogP contribution in [0.25, 0.3) is 22.2 Å². The van der Waals surface area contributed by atoms with Gasteiger partial charge in [-0.05, 0) is 24.6 Å². The monoisotopic (exact) mass is 319 g/mol. The quantitative estimate of drug-likeness (QED) is 0.542. The Morgan fingerprint density at radius 2 is 2.00 bits per heavy atom. The lowest BCUT2D eigenvalue weighted by Gasteiger charge is -2.02. The molecule has 0 atom stereocenters. The van der Waals surface area contributed by atoms with Crippen LogP contribution in [0, 0.1) is 6.92 Å². The van der Waals surface area contributed by atoms with Crippen LogP contribution in [0.1, 0.15) is 11.1 Å². The van der Waals surface area contributed by atoms with E-state index in [-0.39, 0.29) is 0 Å². The Kier molecular flexibility index (Phi) is 3.60. The molecule has 0 bridgehead atoms. The Morgan fingerprint density at radius 1 is 1.13 bits per heavy atom. The summed E-state index contributed by atoms with van der Waals surface area (Å²) in [5.74, 6) is 0. The normalized spacial score (nSPS) is 11.0. The van der Waals surface area contributed by atoms with Crippen LogP contribution in [-0.2, 0) is 6.54 Å². The predicted octanol–water partition coefficient (Wildman–Crippen LogP) is 5.21. The lowest BCUT2D eigenvalue weighted by Crippen LogP contribution is -1.98. The number of hydrogen-bond donors (Lipinski definition) is 2. The molecule has 2 heterocycles. The van der Waals surface area contributed by atoms with Gasteiger partial charge >= 0.3 is 0 Å². The molecule has 0 radical (unpaired) electrons. The summed E-state index contributed by atoms with van der Waals surface area (Å²) in [7, 11) is 0. The summed E-state index contributed by atoms with van der Waals surface area (Å²) in [5.41, 5.74) is 5.84. The third kappa shape index (κ3) is 2.85. The summed E-state index contributed by atoms with van der Waals surface area (Å²) in [6, 6.07) is 16.8. The number of rotatable bonds is 4. The van der Waals surface area contributed by atoms with Crippen molar-refractivity contribution < 1.29 is 0 Å². The van der Waals surface area contributed by atoms with Crippen molar-refractivity contribution in [2.75, 3.05) is 5.32 Å². The first-order valence-electron chi connectivity index (χ1n) is 7.61. The standard InChI is InChI=1S/C19H17N3S/c1-13-7-8-17-15(9-13)16(11-20-17)18-12-23-19(22-18)21-10-14-5-3-2-4-6-14/h2-9,11-12,20H,10H2,1H3,(H,21,22). The molecule has 0 aliphatic heterocycles. The van der Waals surface area contributed by atoms with E-state index in [1.165, 1.54) is 16.5 Å². The van der Waals surface area contributed by atoms with Crippen LogP contribution in [0.15, 0.2) is 60.1 Å². The van der Waals surface area contributed by atoms with Crippen molar-refractivity contribution in [1.29, 1.82) is 0 Å². The molecule has 0 fully saturated rings. The van der Waals surface area contributed by atoms with E-state index < -0.39 is 0 Å². The SMILES string of the molecule is Cc1ccc2[nH]cc(-c3csc(NCc4ccccc4)n3)c2c1. The summed E-state index contributed by atoms with van der Waals surface area (Å²) < 4.78 is 0. The number of aryl methyl sites for hydroxylation is 1. The van der Waals surface area contributed by atoms with Crippen LogP contribution in [0.2, 0.25) is 0 Å². The smallest absolute Gasteiger partial charge is 0.183 e. The number of aromatic nitrogens is 2. The molecule has 0 saturated carbocycles. The fourth-order valence-corrected chi connectivity index (χ4v) is 3.41. The zero-order valence-corrected chi connectivity index (χ0v) is 13.7. The van der Waals surface area contributed by atoms with Gasteiger partial charge in [-0.15, -0.1) is 11.3 Å². The van der Waals surface area contributed by atoms with E-state index in [0.717, 1.165) is 28.5 Å². The highest BCUT2D eigenvalue weighted by molar-refractivity contribution is 7.14. The highest BCUT2D eigenvalue weighted by atomic mass is 32.1.